The van der Waals surface area contributed by atoms with E-state index in [9.17, 15) is 23.9 Å². The van der Waals surface area contributed by atoms with Crippen LogP contribution in [0.2, 0.25) is 0 Å². The average Bonchev–Trinajstić information content (AvgIpc) is 2.70. The molecule has 1 amide bonds. The molecule has 9 heteroatoms. The lowest BCUT2D eigenvalue weighted by Gasteiger charge is -2.16. The minimum absolute atomic E-state index is 0.0438. The molecule has 1 N–H and O–H groups in total. The third kappa shape index (κ3) is 5.71. The predicted molar refractivity (Wildman–Crippen MR) is 98.7 cm³/mol. The highest BCUT2D eigenvalue weighted by molar-refractivity contribution is 7.85. The topological polar surface area (TPSA) is 116 Å². The molecule has 2 rings (SSSR count). The fourth-order valence-electron chi connectivity index (χ4n) is 2.31. The van der Waals surface area contributed by atoms with Crippen LogP contribution in [0.15, 0.2) is 59.5 Å². The number of carbonyl (C=O) groups is 2. The molecule has 0 aliphatic rings. The number of methoxy groups -OCH3 is 1. The van der Waals surface area contributed by atoms with Gasteiger partial charge in [0.2, 0.25) is 0 Å². The molecule has 0 saturated heterocycles. The Labute approximate surface area is 158 Å². The van der Waals surface area contributed by atoms with Crippen molar-refractivity contribution in [2.45, 2.75) is 17.4 Å². The zero-order chi connectivity index (χ0) is 19.8. The van der Waals surface area contributed by atoms with Crippen LogP contribution in [0.4, 0.5) is 5.69 Å². The quantitative estimate of drug-likeness (QED) is 0.419. The Kier molecular flexibility index (Phi) is 7.18. The van der Waals surface area contributed by atoms with Crippen LogP contribution in [0, 0.1) is 10.1 Å². The number of hydrogen-bond acceptors (Lipinski definition) is 6. The Morgan fingerprint density at radius 1 is 1.19 bits per heavy atom. The Morgan fingerprint density at radius 2 is 1.89 bits per heavy atom. The second-order valence-corrected chi connectivity index (χ2v) is 7.08. The van der Waals surface area contributed by atoms with Gasteiger partial charge in [-0.2, -0.15) is 0 Å². The van der Waals surface area contributed by atoms with E-state index in [0.717, 1.165) is 6.07 Å². The lowest BCUT2D eigenvalue weighted by Crippen LogP contribution is -2.42. The summed E-state index contributed by atoms with van der Waals surface area (Å²) in [5, 5.41) is 13.3. The fourth-order valence-corrected chi connectivity index (χ4v) is 3.45. The zero-order valence-corrected chi connectivity index (χ0v) is 15.3. The monoisotopic (exact) mass is 390 g/mol. The molecule has 0 fully saturated rings. The summed E-state index contributed by atoms with van der Waals surface area (Å²) in [6, 6.07) is 12.9. The minimum atomic E-state index is -1.34. The van der Waals surface area contributed by atoms with Crippen LogP contribution >= 0.6 is 0 Å². The molecule has 0 spiro atoms. The first kappa shape index (κ1) is 20.2. The van der Waals surface area contributed by atoms with Gasteiger partial charge in [0.05, 0.1) is 22.8 Å². The maximum Gasteiger partial charge on any atom is 0.328 e. The van der Waals surface area contributed by atoms with E-state index in [-0.39, 0.29) is 23.4 Å². The smallest absolute Gasteiger partial charge is 0.328 e. The minimum Gasteiger partial charge on any atom is -0.467 e. The second kappa shape index (κ2) is 9.58. The summed E-state index contributed by atoms with van der Waals surface area (Å²) < 4.78 is 17.0. The van der Waals surface area contributed by atoms with E-state index < -0.39 is 33.6 Å². The van der Waals surface area contributed by atoms with Crippen molar-refractivity contribution in [1.82, 2.24) is 5.32 Å². The summed E-state index contributed by atoms with van der Waals surface area (Å²) >= 11 is 0. The van der Waals surface area contributed by atoms with E-state index in [2.05, 4.69) is 10.1 Å². The van der Waals surface area contributed by atoms with Crippen molar-refractivity contribution in [2.24, 2.45) is 0 Å². The molecule has 2 aromatic carbocycles. The van der Waals surface area contributed by atoms with Crippen molar-refractivity contribution in [3.05, 3.63) is 70.3 Å². The first-order valence-electron chi connectivity index (χ1n) is 7.99. The molecule has 0 heterocycles. The van der Waals surface area contributed by atoms with Gasteiger partial charge in [-0.05, 0) is 24.6 Å². The van der Waals surface area contributed by atoms with Crippen LogP contribution in [-0.2, 0) is 20.3 Å². The van der Waals surface area contributed by atoms with Gasteiger partial charge in [-0.3, -0.25) is 19.1 Å². The lowest BCUT2D eigenvalue weighted by atomic mass is 10.1. The number of benzene rings is 2. The average molecular weight is 390 g/mol. The Balaban J connectivity index is 2.07. The molecule has 2 aromatic rings. The van der Waals surface area contributed by atoms with Gasteiger partial charge in [-0.1, -0.05) is 24.3 Å². The van der Waals surface area contributed by atoms with Crippen LogP contribution in [0.25, 0.3) is 0 Å². The molecule has 0 bridgehead atoms. The van der Waals surface area contributed by atoms with Crippen molar-refractivity contribution in [1.29, 1.82) is 0 Å². The number of non-ortho nitro benzene ring substituents is 1. The van der Waals surface area contributed by atoms with Crippen molar-refractivity contribution < 1.29 is 23.5 Å². The van der Waals surface area contributed by atoms with Gasteiger partial charge >= 0.3 is 5.97 Å². The van der Waals surface area contributed by atoms with E-state index in [4.69, 9.17) is 0 Å². The van der Waals surface area contributed by atoms with E-state index in [1.165, 1.54) is 25.3 Å². The molecular weight excluding hydrogens is 372 g/mol. The van der Waals surface area contributed by atoms with Crippen molar-refractivity contribution in [3.63, 3.8) is 0 Å². The van der Waals surface area contributed by atoms with Crippen molar-refractivity contribution in [2.75, 3.05) is 12.9 Å². The van der Waals surface area contributed by atoms with Crippen molar-refractivity contribution in [3.8, 4) is 0 Å². The van der Waals surface area contributed by atoms with Gasteiger partial charge < -0.3 is 10.1 Å². The summed E-state index contributed by atoms with van der Waals surface area (Å²) in [7, 11) is -0.157. The van der Waals surface area contributed by atoms with Crippen LogP contribution < -0.4 is 5.32 Å². The van der Waals surface area contributed by atoms with Crippen LogP contribution in [0.3, 0.4) is 0 Å². The Morgan fingerprint density at radius 3 is 2.52 bits per heavy atom. The molecule has 27 heavy (non-hydrogen) atoms. The molecule has 0 saturated carbocycles. The highest BCUT2D eigenvalue weighted by Crippen LogP contribution is 2.14. The number of esters is 1. The molecule has 0 unspecified atom stereocenters. The number of rotatable bonds is 8. The van der Waals surface area contributed by atoms with Gasteiger partial charge in [0.25, 0.3) is 11.6 Å². The first-order valence-corrected chi connectivity index (χ1v) is 9.31. The van der Waals surface area contributed by atoms with Gasteiger partial charge in [-0.25, -0.2) is 4.79 Å². The summed E-state index contributed by atoms with van der Waals surface area (Å²) in [5.74, 6) is -1.20. The maximum atomic E-state index is 12.3. The highest BCUT2D eigenvalue weighted by atomic mass is 32.2. The molecule has 0 aromatic heterocycles. The normalized spacial score (nSPS) is 12.6. The predicted octanol–water partition coefficient (Wildman–Crippen LogP) is 2.06. The van der Waals surface area contributed by atoms with Crippen molar-refractivity contribution >= 4 is 28.4 Å². The molecule has 2 atom stereocenters. The Hall–Kier alpha value is -3.07. The van der Waals surface area contributed by atoms with Crippen LogP contribution in [-0.4, -0.2) is 39.9 Å². The fraction of sp³-hybridized carbons (Fsp3) is 0.222. The molecular formula is C18H18N2O6S. The number of nitro benzene ring substituents is 1. The standard InChI is InChI=1S/C18H18N2O6S/c1-26-18(22)16(10-11-27(25)15-8-3-2-4-9-15)19-17(21)13-6-5-7-14(12-13)20(23)24/h2-9,12,16H,10-11H2,1H3,(H,19,21)/t16-,27-/m1/s1. The van der Waals surface area contributed by atoms with E-state index >= 15 is 0 Å². The lowest BCUT2D eigenvalue weighted by molar-refractivity contribution is -0.384. The van der Waals surface area contributed by atoms with Gasteiger partial charge in [0, 0.05) is 28.3 Å². The number of carbonyl (C=O) groups excluding carboxylic acids is 2. The maximum absolute atomic E-state index is 12.3. The Bertz CT molecular complexity index is 856. The largest absolute Gasteiger partial charge is 0.467 e. The number of nitro groups is 1. The van der Waals surface area contributed by atoms with E-state index in [1.807, 2.05) is 0 Å². The number of nitrogens with one attached hydrogen (secondary N) is 1. The van der Waals surface area contributed by atoms with Crippen LogP contribution in [0.5, 0.6) is 0 Å². The SMILES string of the molecule is COC(=O)[C@@H](CC[S@@](=O)c1ccccc1)NC(=O)c1cccc([N+](=O)[O-])c1. The highest BCUT2D eigenvalue weighted by Gasteiger charge is 2.23. The third-order valence-corrected chi connectivity index (χ3v) is 5.11. The van der Waals surface area contributed by atoms with Gasteiger partial charge in [-0.15, -0.1) is 0 Å². The van der Waals surface area contributed by atoms with Gasteiger partial charge in [0.1, 0.15) is 6.04 Å². The first-order chi connectivity index (χ1) is 12.9. The zero-order valence-electron chi connectivity index (χ0n) is 14.5. The molecule has 142 valence electrons. The second-order valence-electron chi connectivity index (χ2n) is 5.51. The number of amides is 1. The summed E-state index contributed by atoms with van der Waals surface area (Å²) in [6.07, 6.45) is 0.0921. The van der Waals surface area contributed by atoms with Crippen LogP contribution in [0.1, 0.15) is 16.8 Å². The summed E-state index contributed by atoms with van der Waals surface area (Å²) in [5.41, 5.74) is -0.190. The van der Waals surface area contributed by atoms with E-state index in [0.29, 0.717) is 4.90 Å². The number of ether oxygens (including phenoxy) is 1. The summed E-state index contributed by atoms with van der Waals surface area (Å²) in [4.78, 5) is 35.1. The van der Waals surface area contributed by atoms with E-state index in [1.54, 1.807) is 30.3 Å². The number of hydrogen-bond donors (Lipinski definition) is 1. The summed E-state index contributed by atoms with van der Waals surface area (Å²) in [6.45, 7) is 0. The molecule has 8 nitrogen and oxygen atoms in total. The third-order valence-electron chi connectivity index (χ3n) is 3.71. The molecule has 0 radical (unpaired) electrons. The molecule has 0 aliphatic heterocycles. The number of nitrogens with zero attached hydrogens (tertiary/aromatic N) is 1. The molecule has 0 aliphatic carbocycles. The van der Waals surface area contributed by atoms with Gasteiger partial charge in [0.15, 0.2) is 0 Å².